The summed E-state index contributed by atoms with van der Waals surface area (Å²) >= 11 is 0. The van der Waals surface area contributed by atoms with E-state index >= 15 is 0 Å². The van der Waals surface area contributed by atoms with E-state index < -0.39 is 0 Å². The van der Waals surface area contributed by atoms with E-state index in [-0.39, 0.29) is 5.41 Å². The van der Waals surface area contributed by atoms with Crippen LogP contribution < -0.4 is 5.32 Å². The number of H-pyrrole nitrogens is 1. The lowest BCUT2D eigenvalue weighted by molar-refractivity contribution is 0.590. The summed E-state index contributed by atoms with van der Waals surface area (Å²) in [6.07, 6.45) is 3.60. The van der Waals surface area contributed by atoms with E-state index in [1.165, 1.54) is 5.56 Å². The van der Waals surface area contributed by atoms with Crippen molar-refractivity contribution in [3.05, 3.63) is 48.0 Å². The van der Waals surface area contributed by atoms with E-state index in [1.54, 1.807) is 6.20 Å². The van der Waals surface area contributed by atoms with Crippen molar-refractivity contribution in [2.24, 2.45) is 0 Å². The van der Waals surface area contributed by atoms with E-state index in [4.69, 9.17) is 0 Å². The number of hydrogen-bond donors (Lipinski definition) is 2. The Morgan fingerprint density at radius 1 is 1.18 bits per heavy atom. The number of nitrogens with one attached hydrogen (secondary N) is 2. The number of aromatic amines is 1. The molecule has 0 spiro atoms. The maximum atomic E-state index is 4.17. The highest BCUT2D eigenvalue weighted by atomic mass is 15.0. The molecule has 0 saturated carbocycles. The second-order valence-electron chi connectivity index (χ2n) is 5.22. The molecule has 3 heteroatoms. The number of aromatic nitrogens is 2. The monoisotopic (exact) mass is 229 g/mol. The number of hydrogen-bond acceptors (Lipinski definition) is 2. The lowest BCUT2D eigenvalue weighted by atomic mass is 9.87. The minimum atomic E-state index is 0.208. The van der Waals surface area contributed by atoms with Crippen LogP contribution in [0.25, 0.3) is 0 Å². The normalized spacial score (nSPS) is 11.5. The van der Waals surface area contributed by atoms with Crippen molar-refractivity contribution in [3.63, 3.8) is 0 Å². The first-order valence-electron chi connectivity index (χ1n) is 5.88. The number of benzene rings is 1. The van der Waals surface area contributed by atoms with Gasteiger partial charge in [-0.15, -0.1) is 0 Å². The Balaban J connectivity index is 1.99. The van der Waals surface area contributed by atoms with Crippen LogP contribution in [0.15, 0.2) is 36.7 Å². The smallest absolute Gasteiger partial charge is 0.125 e. The first-order chi connectivity index (χ1) is 8.05. The van der Waals surface area contributed by atoms with Crippen molar-refractivity contribution in [3.8, 4) is 0 Å². The summed E-state index contributed by atoms with van der Waals surface area (Å²) in [4.78, 5) is 7.24. The van der Waals surface area contributed by atoms with Gasteiger partial charge in [-0.3, -0.25) is 0 Å². The van der Waals surface area contributed by atoms with Gasteiger partial charge in [0.2, 0.25) is 0 Å². The standard InChI is InChI=1S/C14H19N3/c1-14(2,3)11-4-6-12(7-5-11)17-10-13-15-8-9-16-13/h4-9,17H,10H2,1-3H3,(H,15,16). The van der Waals surface area contributed by atoms with Gasteiger partial charge in [0.15, 0.2) is 0 Å². The Labute approximate surface area is 102 Å². The molecule has 0 radical (unpaired) electrons. The molecule has 0 saturated heterocycles. The molecular weight excluding hydrogens is 210 g/mol. The first-order valence-corrected chi connectivity index (χ1v) is 5.88. The molecule has 1 aromatic heterocycles. The summed E-state index contributed by atoms with van der Waals surface area (Å²) in [5, 5.41) is 3.33. The quantitative estimate of drug-likeness (QED) is 0.847. The van der Waals surface area contributed by atoms with Crippen molar-refractivity contribution < 1.29 is 0 Å². The summed E-state index contributed by atoms with van der Waals surface area (Å²) in [7, 11) is 0. The number of nitrogens with zero attached hydrogens (tertiary/aromatic N) is 1. The van der Waals surface area contributed by atoms with Crippen molar-refractivity contribution in [1.82, 2.24) is 9.97 Å². The zero-order valence-electron chi connectivity index (χ0n) is 10.6. The Morgan fingerprint density at radius 2 is 1.88 bits per heavy atom. The Morgan fingerprint density at radius 3 is 2.41 bits per heavy atom. The number of imidazole rings is 1. The molecule has 0 unspecified atom stereocenters. The summed E-state index contributed by atoms with van der Waals surface area (Å²) in [6, 6.07) is 8.57. The molecule has 0 fully saturated rings. The maximum Gasteiger partial charge on any atom is 0.125 e. The first kappa shape index (κ1) is 11.7. The molecule has 0 aliphatic rings. The van der Waals surface area contributed by atoms with Crippen molar-refractivity contribution >= 4 is 5.69 Å². The predicted molar refractivity (Wildman–Crippen MR) is 71.1 cm³/mol. The molecule has 1 aromatic carbocycles. The third kappa shape index (κ3) is 3.09. The van der Waals surface area contributed by atoms with Gasteiger partial charge in [0.25, 0.3) is 0 Å². The van der Waals surface area contributed by atoms with Gasteiger partial charge < -0.3 is 10.3 Å². The molecule has 90 valence electrons. The van der Waals surface area contributed by atoms with E-state index in [9.17, 15) is 0 Å². The lowest BCUT2D eigenvalue weighted by Crippen LogP contribution is -2.10. The lowest BCUT2D eigenvalue weighted by Gasteiger charge is -2.19. The molecule has 0 atom stereocenters. The van der Waals surface area contributed by atoms with E-state index in [1.807, 2.05) is 6.20 Å². The molecule has 1 heterocycles. The third-order valence-electron chi connectivity index (χ3n) is 2.77. The molecule has 2 aromatic rings. The van der Waals surface area contributed by atoms with Crippen LogP contribution in [0.1, 0.15) is 32.2 Å². The van der Waals surface area contributed by atoms with Crippen molar-refractivity contribution in [2.45, 2.75) is 32.7 Å². The summed E-state index contributed by atoms with van der Waals surface area (Å²) in [6.45, 7) is 7.39. The van der Waals surface area contributed by atoms with Crippen LogP contribution in [0.4, 0.5) is 5.69 Å². The highest BCUT2D eigenvalue weighted by Gasteiger charge is 2.12. The van der Waals surface area contributed by atoms with Gasteiger partial charge in [0, 0.05) is 18.1 Å². The van der Waals surface area contributed by atoms with Crippen LogP contribution in [0, 0.1) is 0 Å². The second kappa shape index (κ2) is 4.62. The minimum Gasteiger partial charge on any atom is -0.378 e. The van der Waals surface area contributed by atoms with E-state index in [0.29, 0.717) is 0 Å². The number of anilines is 1. The van der Waals surface area contributed by atoms with Crippen LogP contribution in [-0.2, 0) is 12.0 Å². The van der Waals surface area contributed by atoms with Crippen LogP contribution in [-0.4, -0.2) is 9.97 Å². The van der Waals surface area contributed by atoms with E-state index in [2.05, 4.69) is 60.3 Å². The summed E-state index contributed by atoms with van der Waals surface area (Å²) < 4.78 is 0. The van der Waals surface area contributed by atoms with Gasteiger partial charge in [-0.05, 0) is 23.1 Å². The van der Waals surface area contributed by atoms with Gasteiger partial charge in [-0.1, -0.05) is 32.9 Å². The topological polar surface area (TPSA) is 40.7 Å². The summed E-state index contributed by atoms with van der Waals surface area (Å²) in [5.74, 6) is 0.949. The van der Waals surface area contributed by atoms with Gasteiger partial charge in [0.1, 0.15) is 5.82 Å². The SMILES string of the molecule is CC(C)(C)c1ccc(NCc2ncc[nH]2)cc1. The molecule has 0 bridgehead atoms. The van der Waals surface area contributed by atoms with Crippen LogP contribution in [0.5, 0.6) is 0 Å². The van der Waals surface area contributed by atoms with Gasteiger partial charge in [0.05, 0.1) is 6.54 Å². The largest absolute Gasteiger partial charge is 0.378 e. The molecule has 2 rings (SSSR count). The fraction of sp³-hybridized carbons (Fsp3) is 0.357. The Hall–Kier alpha value is -1.77. The van der Waals surface area contributed by atoms with Gasteiger partial charge in [-0.2, -0.15) is 0 Å². The Bertz CT molecular complexity index is 449. The highest BCUT2D eigenvalue weighted by molar-refractivity contribution is 5.45. The number of rotatable bonds is 3. The molecule has 3 nitrogen and oxygen atoms in total. The van der Waals surface area contributed by atoms with Crippen LogP contribution in [0.3, 0.4) is 0 Å². The van der Waals surface area contributed by atoms with Gasteiger partial charge in [-0.25, -0.2) is 4.98 Å². The second-order valence-corrected chi connectivity index (χ2v) is 5.22. The molecule has 0 aliphatic carbocycles. The summed E-state index contributed by atoms with van der Waals surface area (Å²) in [5.41, 5.74) is 2.68. The molecule has 0 aliphatic heterocycles. The zero-order chi connectivity index (χ0) is 12.3. The molecule has 0 amide bonds. The van der Waals surface area contributed by atoms with Crippen LogP contribution in [0.2, 0.25) is 0 Å². The van der Waals surface area contributed by atoms with Crippen molar-refractivity contribution in [1.29, 1.82) is 0 Å². The fourth-order valence-electron chi connectivity index (χ4n) is 1.67. The Kier molecular flexibility index (Phi) is 3.18. The maximum absolute atomic E-state index is 4.17. The van der Waals surface area contributed by atoms with Gasteiger partial charge >= 0.3 is 0 Å². The minimum absolute atomic E-state index is 0.208. The predicted octanol–water partition coefficient (Wildman–Crippen LogP) is 3.32. The molecular formula is C14H19N3. The zero-order valence-corrected chi connectivity index (χ0v) is 10.6. The third-order valence-corrected chi connectivity index (χ3v) is 2.77. The molecule has 17 heavy (non-hydrogen) atoms. The average Bonchev–Trinajstić information content (AvgIpc) is 2.78. The highest BCUT2D eigenvalue weighted by Crippen LogP contribution is 2.23. The fourth-order valence-corrected chi connectivity index (χ4v) is 1.67. The van der Waals surface area contributed by atoms with E-state index in [0.717, 1.165) is 18.1 Å². The van der Waals surface area contributed by atoms with Crippen LogP contribution >= 0.6 is 0 Å². The molecule has 2 N–H and O–H groups in total. The average molecular weight is 229 g/mol. The van der Waals surface area contributed by atoms with Crippen molar-refractivity contribution in [2.75, 3.05) is 5.32 Å².